The Balaban J connectivity index is 1.60. The molecule has 1 N–H and O–H groups in total. The third-order valence-electron chi connectivity index (χ3n) is 3.58. The lowest BCUT2D eigenvalue weighted by atomic mass is 10.1. The number of carbonyl (C=O) groups excluding carboxylic acids is 2. The van der Waals surface area contributed by atoms with Crippen LogP contribution >= 0.6 is 11.3 Å². The van der Waals surface area contributed by atoms with Gasteiger partial charge in [-0.3, -0.25) is 9.59 Å². The van der Waals surface area contributed by atoms with Crippen molar-refractivity contribution < 1.29 is 9.59 Å². The first-order valence-electron chi connectivity index (χ1n) is 6.89. The molecule has 0 spiro atoms. The van der Waals surface area contributed by atoms with Crippen LogP contribution in [0.3, 0.4) is 0 Å². The van der Waals surface area contributed by atoms with E-state index >= 15 is 0 Å². The number of anilines is 1. The first kappa shape index (κ1) is 13.8. The van der Waals surface area contributed by atoms with E-state index < -0.39 is 0 Å². The molecule has 2 amide bonds. The summed E-state index contributed by atoms with van der Waals surface area (Å²) < 4.78 is 0. The normalized spacial score (nSPS) is 18.0. The first-order chi connectivity index (χ1) is 10.2. The number of rotatable bonds is 4. The molecule has 0 bridgehead atoms. The summed E-state index contributed by atoms with van der Waals surface area (Å²) >= 11 is 1.61. The van der Waals surface area contributed by atoms with E-state index in [1.54, 1.807) is 16.2 Å². The number of benzene rings is 1. The predicted octanol–water partition coefficient (Wildman–Crippen LogP) is 2.42. The van der Waals surface area contributed by atoms with Gasteiger partial charge in [0.05, 0.1) is 12.5 Å². The predicted molar refractivity (Wildman–Crippen MR) is 83.1 cm³/mol. The summed E-state index contributed by atoms with van der Waals surface area (Å²) in [6.45, 7) is 0.992. The molecule has 0 saturated carbocycles. The Bertz CT molecular complexity index is 625. The van der Waals surface area contributed by atoms with Crippen LogP contribution < -0.4 is 10.2 Å². The molecule has 0 aliphatic carbocycles. The van der Waals surface area contributed by atoms with Gasteiger partial charge < -0.3 is 10.2 Å². The van der Waals surface area contributed by atoms with E-state index in [1.165, 1.54) is 0 Å². The molecule has 5 heteroatoms. The maximum atomic E-state index is 12.2. The lowest BCUT2D eigenvalue weighted by Gasteiger charge is -2.16. The summed E-state index contributed by atoms with van der Waals surface area (Å²) in [5, 5.41) is 4.90. The van der Waals surface area contributed by atoms with Crippen molar-refractivity contribution in [3.05, 3.63) is 52.7 Å². The Hall–Kier alpha value is -2.14. The minimum absolute atomic E-state index is 0.0115. The standard InChI is InChI=1S/C16H16N2O2S/c19-15-9-12(11-18(15)13-5-2-1-3-6-13)16(20)17-10-14-7-4-8-21-14/h1-8,12H,9-11H2,(H,17,20)/t12-/m0/s1. The number of nitrogens with one attached hydrogen (secondary N) is 1. The monoisotopic (exact) mass is 300 g/mol. The van der Waals surface area contributed by atoms with E-state index in [0.717, 1.165) is 10.6 Å². The quantitative estimate of drug-likeness (QED) is 0.942. The second kappa shape index (κ2) is 6.10. The number of nitrogens with zero attached hydrogens (tertiary/aromatic N) is 1. The van der Waals surface area contributed by atoms with Crippen molar-refractivity contribution in [1.29, 1.82) is 0 Å². The molecule has 2 aromatic rings. The second-order valence-electron chi connectivity index (χ2n) is 5.04. The molecular formula is C16H16N2O2S. The molecule has 1 atom stereocenters. The minimum Gasteiger partial charge on any atom is -0.351 e. The van der Waals surface area contributed by atoms with Gasteiger partial charge in [0.15, 0.2) is 0 Å². The molecule has 1 aliphatic heterocycles. The fraction of sp³-hybridized carbons (Fsp3) is 0.250. The van der Waals surface area contributed by atoms with Gasteiger partial charge in [0, 0.05) is 23.5 Å². The highest BCUT2D eigenvalue weighted by atomic mass is 32.1. The number of para-hydroxylation sites is 1. The zero-order valence-corrected chi connectivity index (χ0v) is 12.3. The molecule has 4 nitrogen and oxygen atoms in total. The van der Waals surface area contributed by atoms with Crippen molar-refractivity contribution in [2.75, 3.05) is 11.4 Å². The first-order valence-corrected chi connectivity index (χ1v) is 7.77. The molecule has 1 saturated heterocycles. The molecule has 3 rings (SSSR count). The number of amides is 2. The smallest absolute Gasteiger partial charge is 0.227 e. The molecule has 1 fully saturated rings. The van der Waals surface area contributed by atoms with Crippen LogP contribution in [0.15, 0.2) is 47.8 Å². The van der Waals surface area contributed by atoms with E-state index in [9.17, 15) is 9.59 Å². The third kappa shape index (κ3) is 3.13. The van der Waals surface area contributed by atoms with Gasteiger partial charge >= 0.3 is 0 Å². The molecule has 108 valence electrons. The van der Waals surface area contributed by atoms with Crippen molar-refractivity contribution in [1.82, 2.24) is 5.32 Å². The SMILES string of the molecule is O=C(NCc1cccs1)[C@H]1CC(=O)N(c2ccccc2)C1. The summed E-state index contributed by atoms with van der Waals surface area (Å²) in [4.78, 5) is 27.1. The molecule has 0 unspecified atom stereocenters. The number of thiophene rings is 1. The lowest BCUT2D eigenvalue weighted by molar-refractivity contribution is -0.126. The van der Waals surface area contributed by atoms with Gasteiger partial charge in [0.2, 0.25) is 11.8 Å². The van der Waals surface area contributed by atoms with E-state index in [1.807, 2.05) is 47.8 Å². The van der Waals surface area contributed by atoms with Gasteiger partial charge in [-0.25, -0.2) is 0 Å². The molecule has 0 radical (unpaired) electrons. The zero-order valence-electron chi connectivity index (χ0n) is 11.5. The second-order valence-corrected chi connectivity index (χ2v) is 6.07. The van der Waals surface area contributed by atoms with E-state index in [4.69, 9.17) is 0 Å². The number of hydrogen-bond acceptors (Lipinski definition) is 3. The van der Waals surface area contributed by atoms with Gasteiger partial charge in [-0.15, -0.1) is 11.3 Å². The highest BCUT2D eigenvalue weighted by Crippen LogP contribution is 2.25. The average Bonchev–Trinajstić information content (AvgIpc) is 3.15. The van der Waals surface area contributed by atoms with Crippen molar-refractivity contribution >= 4 is 28.8 Å². The van der Waals surface area contributed by atoms with Crippen molar-refractivity contribution in [3.63, 3.8) is 0 Å². The van der Waals surface area contributed by atoms with Crippen molar-refractivity contribution in [3.8, 4) is 0 Å². The maximum Gasteiger partial charge on any atom is 0.227 e. The summed E-state index contributed by atoms with van der Waals surface area (Å²) in [6.07, 6.45) is 0.283. The third-order valence-corrected chi connectivity index (χ3v) is 4.46. The van der Waals surface area contributed by atoms with Crippen LogP contribution in [0.4, 0.5) is 5.69 Å². The van der Waals surface area contributed by atoms with E-state index in [2.05, 4.69) is 5.32 Å². The number of hydrogen-bond donors (Lipinski definition) is 1. The summed E-state index contributed by atoms with van der Waals surface area (Å²) in [6, 6.07) is 13.4. The molecule has 21 heavy (non-hydrogen) atoms. The van der Waals surface area contributed by atoms with E-state index in [0.29, 0.717) is 13.1 Å². The molecule has 1 aromatic carbocycles. The largest absolute Gasteiger partial charge is 0.351 e. The van der Waals surface area contributed by atoms with Crippen LogP contribution in [0.1, 0.15) is 11.3 Å². The minimum atomic E-state index is -0.266. The highest BCUT2D eigenvalue weighted by molar-refractivity contribution is 7.09. The Labute approximate surface area is 127 Å². The fourth-order valence-electron chi connectivity index (χ4n) is 2.47. The van der Waals surface area contributed by atoms with Crippen LogP contribution in [-0.2, 0) is 16.1 Å². The van der Waals surface area contributed by atoms with E-state index in [-0.39, 0.29) is 24.2 Å². The van der Waals surface area contributed by atoms with Crippen LogP contribution in [-0.4, -0.2) is 18.4 Å². The van der Waals surface area contributed by atoms with Crippen LogP contribution in [0.5, 0.6) is 0 Å². The van der Waals surface area contributed by atoms with Gasteiger partial charge in [0.1, 0.15) is 0 Å². The average molecular weight is 300 g/mol. The van der Waals surface area contributed by atoms with Crippen molar-refractivity contribution in [2.24, 2.45) is 5.92 Å². The molecular weight excluding hydrogens is 284 g/mol. The number of carbonyl (C=O) groups is 2. The zero-order chi connectivity index (χ0) is 14.7. The Morgan fingerprint density at radius 2 is 2.05 bits per heavy atom. The molecule has 1 aromatic heterocycles. The topological polar surface area (TPSA) is 49.4 Å². The Morgan fingerprint density at radius 1 is 1.24 bits per heavy atom. The maximum absolute atomic E-state index is 12.2. The van der Waals surface area contributed by atoms with Gasteiger partial charge in [-0.05, 0) is 23.6 Å². The lowest BCUT2D eigenvalue weighted by Crippen LogP contribution is -2.32. The van der Waals surface area contributed by atoms with Crippen LogP contribution in [0.25, 0.3) is 0 Å². The highest BCUT2D eigenvalue weighted by Gasteiger charge is 2.34. The molecule has 2 heterocycles. The van der Waals surface area contributed by atoms with Crippen LogP contribution in [0, 0.1) is 5.92 Å². The Kier molecular flexibility index (Phi) is 4.01. The summed E-state index contributed by atoms with van der Waals surface area (Å²) in [5.74, 6) is -0.301. The molecule has 1 aliphatic rings. The van der Waals surface area contributed by atoms with Gasteiger partial charge in [-0.2, -0.15) is 0 Å². The summed E-state index contributed by atoms with van der Waals surface area (Å²) in [5.41, 5.74) is 0.857. The van der Waals surface area contributed by atoms with Gasteiger partial charge in [0.25, 0.3) is 0 Å². The summed E-state index contributed by atoms with van der Waals surface area (Å²) in [7, 11) is 0. The Morgan fingerprint density at radius 3 is 2.76 bits per heavy atom. The fourth-order valence-corrected chi connectivity index (χ4v) is 3.12. The van der Waals surface area contributed by atoms with Crippen molar-refractivity contribution in [2.45, 2.75) is 13.0 Å². The van der Waals surface area contributed by atoms with Gasteiger partial charge in [-0.1, -0.05) is 24.3 Å². The van der Waals surface area contributed by atoms with Crippen LogP contribution in [0.2, 0.25) is 0 Å².